The summed E-state index contributed by atoms with van der Waals surface area (Å²) in [6.45, 7) is 5.62. The van der Waals surface area contributed by atoms with Crippen LogP contribution in [0.4, 0.5) is 0 Å². The fourth-order valence-corrected chi connectivity index (χ4v) is 1.91. The van der Waals surface area contributed by atoms with E-state index in [1.165, 1.54) is 0 Å². The second-order valence-corrected chi connectivity index (χ2v) is 4.72. The Morgan fingerprint density at radius 1 is 1.62 bits per heavy atom. The number of rotatable bonds is 5. The molecule has 2 nitrogen and oxygen atoms in total. The molecule has 1 amide bonds. The van der Waals surface area contributed by atoms with Gasteiger partial charge in [-0.3, -0.25) is 4.79 Å². The maximum absolute atomic E-state index is 11.6. The number of benzene rings is 1. The first-order valence-electron chi connectivity index (χ1n) is 5.26. The summed E-state index contributed by atoms with van der Waals surface area (Å²) in [6.07, 6.45) is 3.02. The van der Waals surface area contributed by atoms with E-state index < -0.39 is 0 Å². The maximum atomic E-state index is 11.6. The molecule has 1 atom stereocenters. The van der Waals surface area contributed by atoms with Gasteiger partial charge in [0.15, 0.2) is 0 Å². The zero-order chi connectivity index (χ0) is 12.0. The lowest BCUT2D eigenvalue weighted by atomic mass is 10.1. The van der Waals surface area contributed by atoms with Crippen molar-refractivity contribution in [1.29, 1.82) is 0 Å². The summed E-state index contributed by atoms with van der Waals surface area (Å²) in [6, 6.07) is 7.93. The Labute approximate surface area is 105 Å². The Kier molecular flexibility index (Phi) is 5.26. The van der Waals surface area contributed by atoms with Crippen LogP contribution >= 0.6 is 15.9 Å². The Balaban J connectivity index is 2.48. The predicted octanol–water partition coefficient (Wildman–Crippen LogP) is 3.07. The molecule has 0 saturated heterocycles. The van der Waals surface area contributed by atoms with E-state index in [2.05, 4.69) is 27.8 Å². The van der Waals surface area contributed by atoms with Gasteiger partial charge in [-0.1, -0.05) is 34.1 Å². The van der Waals surface area contributed by atoms with Crippen molar-refractivity contribution >= 4 is 21.8 Å². The molecule has 0 radical (unpaired) electrons. The molecular formula is C13H16BrNO. The third-order valence-corrected chi connectivity index (χ3v) is 2.67. The molecule has 0 bridgehead atoms. The fourth-order valence-electron chi connectivity index (χ4n) is 1.47. The zero-order valence-electron chi connectivity index (χ0n) is 9.37. The molecule has 0 aromatic heterocycles. The summed E-state index contributed by atoms with van der Waals surface area (Å²) in [7, 11) is 0. The molecule has 0 heterocycles. The van der Waals surface area contributed by atoms with Crippen LogP contribution < -0.4 is 5.32 Å². The Hall–Kier alpha value is -1.09. The maximum Gasteiger partial charge on any atom is 0.224 e. The zero-order valence-corrected chi connectivity index (χ0v) is 11.0. The predicted molar refractivity (Wildman–Crippen MR) is 70.3 cm³/mol. The monoisotopic (exact) mass is 281 g/mol. The SMILES string of the molecule is C=CC[C@@H](C)NC(=O)Cc1cccc(Br)c1. The quantitative estimate of drug-likeness (QED) is 0.826. The number of halogens is 1. The topological polar surface area (TPSA) is 29.1 Å². The lowest BCUT2D eigenvalue weighted by molar-refractivity contribution is -0.121. The molecule has 0 saturated carbocycles. The summed E-state index contributed by atoms with van der Waals surface area (Å²) in [5, 5.41) is 2.92. The van der Waals surface area contributed by atoms with Gasteiger partial charge in [0.25, 0.3) is 0 Å². The van der Waals surface area contributed by atoms with E-state index in [1.807, 2.05) is 37.3 Å². The molecular weight excluding hydrogens is 266 g/mol. The van der Waals surface area contributed by atoms with Crippen LogP contribution in [0.3, 0.4) is 0 Å². The highest BCUT2D eigenvalue weighted by molar-refractivity contribution is 9.10. The summed E-state index contributed by atoms with van der Waals surface area (Å²) in [5.74, 6) is 0.0486. The third-order valence-electron chi connectivity index (χ3n) is 2.18. The van der Waals surface area contributed by atoms with Crippen molar-refractivity contribution in [2.24, 2.45) is 0 Å². The van der Waals surface area contributed by atoms with Crippen molar-refractivity contribution in [3.8, 4) is 0 Å². The van der Waals surface area contributed by atoms with E-state index in [9.17, 15) is 4.79 Å². The van der Waals surface area contributed by atoms with E-state index in [0.29, 0.717) is 6.42 Å². The lowest BCUT2D eigenvalue weighted by Gasteiger charge is -2.11. The molecule has 0 aliphatic heterocycles. The van der Waals surface area contributed by atoms with Gasteiger partial charge in [-0.25, -0.2) is 0 Å². The Bertz CT molecular complexity index is 376. The van der Waals surface area contributed by atoms with Crippen LogP contribution in [0.1, 0.15) is 18.9 Å². The van der Waals surface area contributed by atoms with Crippen molar-refractivity contribution in [2.75, 3.05) is 0 Å². The molecule has 0 fully saturated rings. The van der Waals surface area contributed by atoms with E-state index in [-0.39, 0.29) is 11.9 Å². The number of carbonyl (C=O) groups excluding carboxylic acids is 1. The normalized spacial score (nSPS) is 11.9. The van der Waals surface area contributed by atoms with E-state index in [1.54, 1.807) is 0 Å². The highest BCUT2D eigenvalue weighted by Gasteiger charge is 2.06. The van der Waals surface area contributed by atoms with E-state index in [0.717, 1.165) is 16.5 Å². The van der Waals surface area contributed by atoms with Gasteiger partial charge in [-0.15, -0.1) is 6.58 Å². The first-order chi connectivity index (χ1) is 7.61. The molecule has 3 heteroatoms. The molecule has 1 N–H and O–H groups in total. The highest BCUT2D eigenvalue weighted by Crippen LogP contribution is 2.12. The van der Waals surface area contributed by atoms with Gasteiger partial charge in [0.05, 0.1) is 6.42 Å². The van der Waals surface area contributed by atoms with Gasteiger partial charge < -0.3 is 5.32 Å². The number of hydrogen-bond acceptors (Lipinski definition) is 1. The minimum Gasteiger partial charge on any atom is -0.353 e. The van der Waals surface area contributed by atoms with Crippen LogP contribution in [-0.4, -0.2) is 11.9 Å². The molecule has 0 aliphatic carbocycles. The van der Waals surface area contributed by atoms with Gasteiger partial charge in [-0.2, -0.15) is 0 Å². The number of nitrogens with one attached hydrogen (secondary N) is 1. The van der Waals surface area contributed by atoms with Gasteiger partial charge >= 0.3 is 0 Å². The van der Waals surface area contributed by atoms with Crippen LogP contribution in [0, 0.1) is 0 Å². The first-order valence-corrected chi connectivity index (χ1v) is 6.06. The summed E-state index contributed by atoms with van der Waals surface area (Å²) in [4.78, 5) is 11.6. The van der Waals surface area contributed by atoms with E-state index >= 15 is 0 Å². The molecule has 0 unspecified atom stereocenters. The third kappa shape index (κ3) is 4.62. The summed E-state index contributed by atoms with van der Waals surface area (Å²) in [5.41, 5.74) is 1.01. The number of carbonyl (C=O) groups is 1. The summed E-state index contributed by atoms with van der Waals surface area (Å²) < 4.78 is 0.997. The second kappa shape index (κ2) is 6.48. The second-order valence-electron chi connectivity index (χ2n) is 3.80. The molecule has 0 spiro atoms. The van der Waals surface area contributed by atoms with Crippen LogP contribution in [0.25, 0.3) is 0 Å². The van der Waals surface area contributed by atoms with Gasteiger partial charge in [0, 0.05) is 10.5 Å². The van der Waals surface area contributed by atoms with Crippen molar-refractivity contribution in [1.82, 2.24) is 5.32 Å². The van der Waals surface area contributed by atoms with Crippen molar-refractivity contribution in [3.63, 3.8) is 0 Å². The smallest absolute Gasteiger partial charge is 0.224 e. The fraction of sp³-hybridized carbons (Fsp3) is 0.308. The Morgan fingerprint density at radius 2 is 2.38 bits per heavy atom. The van der Waals surface area contributed by atoms with Gasteiger partial charge in [-0.05, 0) is 31.0 Å². The molecule has 1 aromatic carbocycles. The number of amides is 1. The lowest BCUT2D eigenvalue weighted by Crippen LogP contribution is -2.33. The summed E-state index contributed by atoms with van der Waals surface area (Å²) >= 11 is 3.38. The molecule has 1 aromatic rings. The van der Waals surface area contributed by atoms with E-state index in [4.69, 9.17) is 0 Å². The minimum absolute atomic E-state index is 0.0486. The average molecular weight is 282 g/mol. The minimum atomic E-state index is 0.0486. The Morgan fingerprint density at radius 3 is 3.00 bits per heavy atom. The number of hydrogen-bond donors (Lipinski definition) is 1. The van der Waals surface area contributed by atoms with Crippen molar-refractivity contribution in [3.05, 3.63) is 47.0 Å². The van der Waals surface area contributed by atoms with Crippen LogP contribution in [0.5, 0.6) is 0 Å². The van der Waals surface area contributed by atoms with Gasteiger partial charge in [0.2, 0.25) is 5.91 Å². The van der Waals surface area contributed by atoms with Crippen molar-refractivity contribution < 1.29 is 4.79 Å². The van der Waals surface area contributed by atoms with Crippen LogP contribution in [0.2, 0.25) is 0 Å². The average Bonchev–Trinajstić information content (AvgIpc) is 2.17. The largest absolute Gasteiger partial charge is 0.353 e. The highest BCUT2D eigenvalue weighted by atomic mass is 79.9. The van der Waals surface area contributed by atoms with Crippen LogP contribution in [-0.2, 0) is 11.2 Å². The first kappa shape index (κ1) is 13.0. The van der Waals surface area contributed by atoms with Crippen LogP contribution in [0.15, 0.2) is 41.4 Å². The molecule has 86 valence electrons. The molecule has 16 heavy (non-hydrogen) atoms. The molecule has 0 aliphatic rings. The van der Waals surface area contributed by atoms with Crippen molar-refractivity contribution in [2.45, 2.75) is 25.8 Å². The van der Waals surface area contributed by atoms with Gasteiger partial charge in [0.1, 0.15) is 0 Å². The standard InChI is InChI=1S/C13H16BrNO/c1-3-5-10(2)15-13(16)9-11-6-4-7-12(14)8-11/h3-4,6-8,10H,1,5,9H2,2H3,(H,15,16)/t10-/m1/s1. The molecule has 1 rings (SSSR count).